The lowest BCUT2D eigenvalue weighted by atomic mass is 10.0. The van der Waals surface area contributed by atoms with Gasteiger partial charge in [-0.15, -0.1) is 0 Å². The van der Waals surface area contributed by atoms with Gasteiger partial charge in [-0.25, -0.2) is 0 Å². The van der Waals surface area contributed by atoms with Crippen LogP contribution in [0, 0.1) is 48.5 Å². The minimum atomic E-state index is 1.10. The van der Waals surface area contributed by atoms with Gasteiger partial charge >= 0.3 is 0 Å². The molecule has 0 saturated carbocycles. The van der Waals surface area contributed by atoms with Gasteiger partial charge in [0.2, 0.25) is 0 Å². The van der Waals surface area contributed by atoms with Gasteiger partial charge in [-0.1, -0.05) is 361 Å². The molecular formula is C89H80. The van der Waals surface area contributed by atoms with E-state index >= 15 is 0 Å². The molecule has 0 aromatic heterocycles. The lowest BCUT2D eigenvalue weighted by Gasteiger charge is -2.04. The quantitative estimate of drug-likeness (QED) is 0.165. The number of aryl methyl sites for hydroxylation is 7. The molecule has 0 spiro atoms. The minimum absolute atomic E-state index is 1.10. The molecule has 0 heterocycles. The van der Waals surface area contributed by atoms with Crippen LogP contribution in [0.15, 0.2) is 334 Å². The molecule has 0 heteroatoms. The third kappa shape index (κ3) is 17.0. The summed E-state index contributed by atoms with van der Waals surface area (Å²) in [7, 11) is 0. The van der Waals surface area contributed by atoms with Gasteiger partial charge in [0.05, 0.1) is 0 Å². The second-order valence-electron chi connectivity index (χ2n) is 23.3. The van der Waals surface area contributed by atoms with E-state index in [0.717, 1.165) is 12.8 Å². The maximum atomic E-state index is 2.30. The third-order valence-corrected chi connectivity index (χ3v) is 16.3. The summed E-state index contributed by atoms with van der Waals surface area (Å²) < 4.78 is 0. The summed E-state index contributed by atoms with van der Waals surface area (Å²) >= 11 is 0. The summed E-state index contributed by atoms with van der Waals surface area (Å²) in [5.41, 5.74) is 28.6. The van der Waals surface area contributed by atoms with Crippen molar-refractivity contribution in [2.45, 2.75) is 61.3 Å². The fourth-order valence-corrected chi connectivity index (χ4v) is 11.6. The van der Waals surface area contributed by atoms with Crippen molar-refractivity contribution in [2.24, 2.45) is 0 Å². The highest BCUT2D eigenvalue weighted by Crippen LogP contribution is 2.38. The largest absolute Gasteiger partial charge is 0.0622 e. The van der Waals surface area contributed by atoms with Gasteiger partial charge in [-0.05, 0) is 172 Å². The van der Waals surface area contributed by atoms with Crippen LogP contribution in [0.25, 0.3) is 77.2 Å². The standard InChI is InChI=1S/2C14H12.3C13H12.2C11H10/c1-10-6-7-14-12(8-10)9-11-4-2-3-5-13(11)14;1-10-6-7-12-9-11-4-2-3-5-13(11)14(12)8-10;1-11-7-5-6-10-13(11)12-8-3-2-4-9-12;1-11-6-5-9-13(10-11)12-7-3-2-4-8-12;1-11-7-9-13(10-8-11)12-5-3-2-4-6-12;1-9-5-4-7-10-6-2-3-8-11(9)10;1-9-6-7-10-4-2-3-5-11(10)8-9/h2*2-8H,9H2,1H3;3*2-10H,1H3;2*2-8H,1H3. The summed E-state index contributed by atoms with van der Waals surface area (Å²) in [5.74, 6) is 0. The highest BCUT2D eigenvalue weighted by Gasteiger charge is 2.18. The van der Waals surface area contributed by atoms with Gasteiger partial charge in [-0.2, -0.15) is 0 Å². The van der Waals surface area contributed by atoms with Crippen LogP contribution < -0.4 is 0 Å². The molecule has 0 amide bonds. The van der Waals surface area contributed by atoms with Crippen molar-refractivity contribution in [1.29, 1.82) is 0 Å². The van der Waals surface area contributed by atoms with Crippen LogP contribution in [0.1, 0.15) is 61.2 Å². The molecule has 2 aliphatic rings. The average Bonchev–Trinajstić information content (AvgIpc) is 2.95. The molecule has 0 fully saturated rings. The highest BCUT2D eigenvalue weighted by atomic mass is 14.2. The summed E-state index contributed by atoms with van der Waals surface area (Å²) in [6, 6.07) is 118. The smallest absolute Gasteiger partial charge is 0.00134 e. The molecule has 14 aromatic carbocycles. The van der Waals surface area contributed by atoms with Crippen LogP contribution in [0.5, 0.6) is 0 Å². The molecule has 0 radical (unpaired) electrons. The summed E-state index contributed by atoms with van der Waals surface area (Å²) in [6.07, 6.45) is 2.21. The molecule has 14 aromatic rings. The second-order valence-corrected chi connectivity index (χ2v) is 23.3. The van der Waals surface area contributed by atoms with Gasteiger partial charge < -0.3 is 0 Å². The predicted octanol–water partition coefficient (Wildman–Crippen LogP) is 24.4. The summed E-state index contributed by atoms with van der Waals surface area (Å²) in [5, 5.41) is 5.33. The van der Waals surface area contributed by atoms with Crippen LogP contribution >= 0.6 is 0 Å². The predicted molar refractivity (Wildman–Crippen MR) is 386 cm³/mol. The van der Waals surface area contributed by atoms with Crippen LogP contribution in [-0.4, -0.2) is 0 Å². The normalized spacial score (nSPS) is 10.8. The van der Waals surface area contributed by atoms with Crippen LogP contribution in [0.3, 0.4) is 0 Å². The molecular weight excluding hydrogens is 1070 g/mol. The molecule has 0 atom stereocenters. The van der Waals surface area contributed by atoms with E-state index in [4.69, 9.17) is 0 Å². The lowest BCUT2D eigenvalue weighted by Crippen LogP contribution is -1.80. The van der Waals surface area contributed by atoms with E-state index in [9.17, 15) is 0 Å². The Hall–Kier alpha value is -10.4. The van der Waals surface area contributed by atoms with Crippen molar-refractivity contribution in [3.8, 4) is 55.6 Å². The van der Waals surface area contributed by atoms with E-state index in [-0.39, 0.29) is 0 Å². The Kier molecular flexibility index (Phi) is 21.3. The Morgan fingerprint density at radius 2 is 0.584 bits per heavy atom. The van der Waals surface area contributed by atoms with Gasteiger partial charge in [0, 0.05) is 0 Å². The zero-order valence-corrected chi connectivity index (χ0v) is 52.7. The van der Waals surface area contributed by atoms with E-state index in [1.165, 1.54) is 138 Å². The Bertz CT molecular complexity index is 4520. The molecule has 2 aliphatic carbocycles. The monoisotopic (exact) mass is 1150 g/mol. The number of rotatable bonds is 3. The zero-order valence-electron chi connectivity index (χ0n) is 52.7. The molecule has 0 nitrogen and oxygen atoms in total. The van der Waals surface area contributed by atoms with Crippen molar-refractivity contribution in [2.75, 3.05) is 0 Å². The highest BCUT2D eigenvalue weighted by molar-refractivity contribution is 5.86. The van der Waals surface area contributed by atoms with Crippen LogP contribution in [-0.2, 0) is 12.8 Å². The number of hydrogen-bond acceptors (Lipinski definition) is 0. The Morgan fingerprint density at radius 1 is 0.180 bits per heavy atom. The number of hydrogen-bond donors (Lipinski definition) is 0. The zero-order chi connectivity index (χ0) is 61.7. The maximum absolute atomic E-state index is 2.30. The Morgan fingerprint density at radius 3 is 1.24 bits per heavy atom. The molecule has 436 valence electrons. The fraction of sp³-hybridized carbons (Fsp3) is 0.101. The Balaban J connectivity index is 0.000000115. The first-order valence-corrected chi connectivity index (χ1v) is 31.1. The van der Waals surface area contributed by atoms with Gasteiger partial charge in [0.1, 0.15) is 0 Å². The summed E-state index contributed by atoms with van der Waals surface area (Å²) in [6.45, 7) is 14.9. The maximum Gasteiger partial charge on any atom is -0.00134 e. The lowest BCUT2D eigenvalue weighted by molar-refractivity contribution is 1.25. The molecule has 89 heavy (non-hydrogen) atoms. The van der Waals surface area contributed by atoms with Crippen molar-refractivity contribution in [1.82, 2.24) is 0 Å². The van der Waals surface area contributed by atoms with Crippen molar-refractivity contribution in [3.63, 3.8) is 0 Å². The van der Waals surface area contributed by atoms with E-state index in [2.05, 4.69) is 364 Å². The molecule has 0 saturated heterocycles. The Labute approximate surface area is 530 Å². The van der Waals surface area contributed by atoms with E-state index in [1.807, 2.05) is 18.2 Å². The first kappa shape index (κ1) is 61.7. The average molecular weight is 1150 g/mol. The van der Waals surface area contributed by atoms with E-state index in [0.29, 0.717) is 0 Å². The van der Waals surface area contributed by atoms with Crippen LogP contribution in [0.2, 0.25) is 0 Å². The molecule has 0 bridgehead atoms. The van der Waals surface area contributed by atoms with Gasteiger partial charge in [0.15, 0.2) is 0 Å². The molecule has 0 N–H and O–H groups in total. The van der Waals surface area contributed by atoms with Crippen molar-refractivity contribution >= 4 is 21.5 Å². The van der Waals surface area contributed by atoms with Crippen molar-refractivity contribution < 1.29 is 0 Å². The molecule has 16 rings (SSSR count). The topological polar surface area (TPSA) is 0 Å². The van der Waals surface area contributed by atoms with Crippen molar-refractivity contribution in [3.05, 3.63) is 395 Å². The van der Waals surface area contributed by atoms with Crippen LogP contribution in [0.4, 0.5) is 0 Å². The van der Waals surface area contributed by atoms with Gasteiger partial charge in [-0.3, -0.25) is 0 Å². The number of benzene rings is 14. The molecule has 0 unspecified atom stereocenters. The van der Waals surface area contributed by atoms with Gasteiger partial charge in [0.25, 0.3) is 0 Å². The number of fused-ring (bicyclic) bond motifs is 8. The summed E-state index contributed by atoms with van der Waals surface area (Å²) in [4.78, 5) is 0. The fourth-order valence-electron chi connectivity index (χ4n) is 11.6. The second kappa shape index (κ2) is 30.8. The SMILES string of the molecule is Cc1ccc(-c2ccccc2)cc1.Cc1ccc2c(c1)-c1ccccc1C2.Cc1ccc2c(c1)Cc1ccccc1-2.Cc1ccc2ccccc2c1.Cc1cccc(-c2ccccc2)c1.Cc1cccc2ccccc12.Cc1ccccc1-c1ccccc1. The minimum Gasteiger partial charge on any atom is -0.0622 e. The van der Waals surface area contributed by atoms with E-state index in [1.54, 1.807) is 0 Å². The first-order valence-electron chi connectivity index (χ1n) is 31.1. The first-order chi connectivity index (χ1) is 43.5. The third-order valence-electron chi connectivity index (χ3n) is 16.3. The van der Waals surface area contributed by atoms with E-state index < -0.39 is 0 Å². The molecule has 0 aliphatic heterocycles.